The molecule has 1 heterocycles. The molecule has 0 aliphatic carbocycles. The minimum absolute atomic E-state index is 0.868. The average molecular weight is 725 g/mol. The van der Waals surface area contributed by atoms with Gasteiger partial charge in [-0.25, -0.2) is 0 Å². The van der Waals surface area contributed by atoms with Crippen molar-refractivity contribution in [3.63, 3.8) is 0 Å². The Labute approximate surface area is 331 Å². The van der Waals surface area contributed by atoms with E-state index in [9.17, 15) is 0 Å². The molecule has 0 saturated heterocycles. The molecule has 2 nitrogen and oxygen atoms in total. The van der Waals surface area contributed by atoms with Gasteiger partial charge in [0, 0.05) is 11.1 Å². The molecule has 10 aromatic carbocycles. The minimum atomic E-state index is 0.868. The molecule has 11 rings (SSSR count). The Balaban J connectivity index is 0.909. The molecule has 0 bridgehead atoms. The summed E-state index contributed by atoms with van der Waals surface area (Å²) >= 11 is 0. The van der Waals surface area contributed by atoms with Crippen LogP contribution in [-0.2, 0) is 0 Å². The quantitative estimate of drug-likeness (QED) is 0.165. The largest absolute Gasteiger partial charge is 0.252 e. The van der Waals surface area contributed by atoms with E-state index in [4.69, 9.17) is 4.98 Å². The van der Waals surface area contributed by atoms with Gasteiger partial charge in [-0.1, -0.05) is 170 Å². The summed E-state index contributed by atoms with van der Waals surface area (Å²) < 4.78 is 0. The zero-order valence-corrected chi connectivity index (χ0v) is 31.4. The lowest BCUT2D eigenvalue weighted by molar-refractivity contribution is 1.21. The van der Waals surface area contributed by atoms with Gasteiger partial charge in [0.15, 0.2) is 0 Å². The van der Waals surface area contributed by atoms with E-state index in [1.54, 1.807) is 0 Å². The van der Waals surface area contributed by atoms with Crippen LogP contribution in [0.25, 0.3) is 110 Å². The van der Waals surface area contributed by atoms with Crippen LogP contribution in [-0.4, -0.2) is 9.97 Å². The molecule has 0 unspecified atom stereocenters. The van der Waals surface area contributed by atoms with Crippen LogP contribution in [0, 0.1) is 6.92 Å². The highest BCUT2D eigenvalue weighted by atomic mass is 14.8. The Morgan fingerprint density at radius 3 is 1.44 bits per heavy atom. The zero-order chi connectivity index (χ0) is 37.9. The van der Waals surface area contributed by atoms with Crippen molar-refractivity contribution in [2.24, 2.45) is 0 Å². The fraction of sp³-hybridized carbons (Fsp3) is 0.0182. The van der Waals surface area contributed by atoms with Gasteiger partial charge in [-0.2, -0.15) is 0 Å². The molecule has 0 radical (unpaired) electrons. The summed E-state index contributed by atoms with van der Waals surface area (Å²) in [6.45, 7) is 2.23. The Bertz CT molecular complexity index is 3330. The lowest BCUT2D eigenvalue weighted by Gasteiger charge is -2.16. The van der Waals surface area contributed by atoms with Gasteiger partial charge in [0.25, 0.3) is 0 Å². The molecule has 0 atom stereocenters. The predicted molar refractivity (Wildman–Crippen MR) is 241 cm³/mol. The molecule has 57 heavy (non-hydrogen) atoms. The van der Waals surface area contributed by atoms with Crippen LogP contribution >= 0.6 is 0 Å². The number of nitrogens with zero attached hydrogens (tertiary/aromatic N) is 2. The molecule has 0 fully saturated rings. The number of aryl methyl sites for hydroxylation is 1. The van der Waals surface area contributed by atoms with Crippen molar-refractivity contribution in [1.29, 1.82) is 0 Å². The third-order valence-corrected chi connectivity index (χ3v) is 11.7. The standard InChI is InChI=1S/C55H36N2/c1-35-8-5-11-39-20-21-41-13-7-15-50(55(41)53(35)39)49-14-6-12-40-22-26-46-31-43(28-29-48(46)54(40)49)37-18-16-36(17-19-37)42-23-24-45-32-47(27-25-44(45)30-42)52-34-56-51(33-57-52)38-9-3-2-4-10-38/h2-34H,1H3. The van der Waals surface area contributed by atoms with Crippen LogP contribution < -0.4 is 0 Å². The van der Waals surface area contributed by atoms with Crippen molar-refractivity contribution in [2.75, 3.05) is 0 Å². The summed E-state index contributed by atoms with van der Waals surface area (Å²) in [6.07, 6.45) is 3.72. The lowest BCUT2D eigenvalue weighted by Crippen LogP contribution is -1.89. The van der Waals surface area contributed by atoms with Gasteiger partial charge in [0.2, 0.25) is 0 Å². The van der Waals surface area contributed by atoms with Crippen molar-refractivity contribution in [1.82, 2.24) is 9.97 Å². The van der Waals surface area contributed by atoms with Crippen LogP contribution in [0.15, 0.2) is 200 Å². The van der Waals surface area contributed by atoms with E-state index < -0.39 is 0 Å². The molecule has 1 aromatic heterocycles. The Morgan fingerprint density at radius 2 is 0.772 bits per heavy atom. The van der Waals surface area contributed by atoms with Gasteiger partial charge in [-0.15, -0.1) is 0 Å². The molecule has 0 spiro atoms. The van der Waals surface area contributed by atoms with E-state index in [0.717, 1.165) is 22.5 Å². The number of aromatic nitrogens is 2. The molecular weight excluding hydrogens is 689 g/mol. The molecule has 0 N–H and O–H groups in total. The van der Waals surface area contributed by atoms with E-state index in [1.165, 1.54) is 92.8 Å². The fourth-order valence-electron chi connectivity index (χ4n) is 8.76. The monoisotopic (exact) mass is 724 g/mol. The van der Waals surface area contributed by atoms with Crippen molar-refractivity contribution < 1.29 is 0 Å². The van der Waals surface area contributed by atoms with Crippen LogP contribution in [0.3, 0.4) is 0 Å². The highest BCUT2D eigenvalue weighted by molar-refractivity contribution is 6.21. The summed E-state index contributed by atoms with van der Waals surface area (Å²) in [5.41, 5.74) is 12.5. The van der Waals surface area contributed by atoms with Crippen molar-refractivity contribution in [3.8, 4) is 55.9 Å². The summed E-state index contributed by atoms with van der Waals surface area (Å²) in [5.74, 6) is 0. The summed E-state index contributed by atoms with van der Waals surface area (Å²) in [4.78, 5) is 9.42. The lowest BCUT2D eigenvalue weighted by atomic mass is 9.88. The second-order valence-electron chi connectivity index (χ2n) is 15.1. The SMILES string of the molecule is Cc1cccc2ccc3cccc(-c4cccc5ccc6cc(-c7ccc(-c8ccc9cc(-c%10cnc(-c%11ccccc%11)cn%10)ccc9c8)cc7)ccc6c45)c3c12. The van der Waals surface area contributed by atoms with E-state index >= 15 is 0 Å². The smallest absolute Gasteiger partial charge is 0.0885 e. The maximum Gasteiger partial charge on any atom is 0.0885 e. The molecule has 11 aromatic rings. The second-order valence-corrected chi connectivity index (χ2v) is 15.1. The third kappa shape index (κ3) is 5.73. The van der Waals surface area contributed by atoms with E-state index in [-0.39, 0.29) is 0 Å². The van der Waals surface area contributed by atoms with Gasteiger partial charge in [0.1, 0.15) is 0 Å². The van der Waals surface area contributed by atoms with Crippen molar-refractivity contribution in [2.45, 2.75) is 6.92 Å². The van der Waals surface area contributed by atoms with Crippen molar-refractivity contribution in [3.05, 3.63) is 206 Å². The normalized spacial score (nSPS) is 11.6. The van der Waals surface area contributed by atoms with E-state index in [2.05, 4.69) is 182 Å². The van der Waals surface area contributed by atoms with Gasteiger partial charge in [-0.05, 0) is 118 Å². The Morgan fingerprint density at radius 1 is 0.298 bits per heavy atom. The fourth-order valence-corrected chi connectivity index (χ4v) is 8.76. The number of rotatable bonds is 5. The topological polar surface area (TPSA) is 25.8 Å². The molecule has 0 saturated carbocycles. The van der Waals surface area contributed by atoms with Crippen LogP contribution in [0.5, 0.6) is 0 Å². The highest BCUT2D eigenvalue weighted by Gasteiger charge is 2.15. The van der Waals surface area contributed by atoms with Crippen molar-refractivity contribution >= 4 is 53.9 Å². The first kappa shape index (κ1) is 33.0. The van der Waals surface area contributed by atoms with Gasteiger partial charge in [-0.3, -0.25) is 9.97 Å². The number of benzene rings is 10. The molecule has 266 valence electrons. The van der Waals surface area contributed by atoms with Gasteiger partial charge < -0.3 is 0 Å². The highest BCUT2D eigenvalue weighted by Crippen LogP contribution is 2.42. The predicted octanol–water partition coefficient (Wildman–Crippen LogP) is 14.9. The van der Waals surface area contributed by atoms with Gasteiger partial charge in [0.05, 0.1) is 23.8 Å². The van der Waals surface area contributed by atoms with Crippen LogP contribution in [0.2, 0.25) is 0 Å². The average Bonchev–Trinajstić information content (AvgIpc) is 3.28. The summed E-state index contributed by atoms with van der Waals surface area (Å²) in [6, 6.07) is 68.4. The Hall–Kier alpha value is -7.42. The van der Waals surface area contributed by atoms with E-state index in [0.29, 0.717) is 0 Å². The maximum absolute atomic E-state index is 4.74. The number of hydrogen-bond acceptors (Lipinski definition) is 2. The molecule has 0 aliphatic rings. The maximum atomic E-state index is 4.74. The molecule has 0 amide bonds. The molecule has 2 heteroatoms. The first-order valence-electron chi connectivity index (χ1n) is 19.5. The first-order valence-corrected chi connectivity index (χ1v) is 19.5. The van der Waals surface area contributed by atoms with Crippen LogP contribution in [0.1, 0.15) is 5.56 Å². The molecule has 0 aliphatic heterocycles. The zero-order valence-electron chi connectivity index (χ0n) is 31.4. The third-order valence-electron chi connectivity index (χ3n) is 11.7. The minimum Gasteiger partial charge on any atom is -0.252 e. The van der Waals surface area contributed by atoms with Crippen LogP contribution in [0.4, 0.5) is 0 Å². The first-order chi connectivity index (χ1) is 28.1. The number of hydrogen-bond donors (Lipinski definition) is 0. The van der Waals surface area contributed by atoms with Gasteiger partial charge >= 0.3 is 0 Å². The summed E-state index contributed by atoms with van der Waals surface area (Å²) in [5, 5.41) is 12.6. The second kappa shape index (κ2) is 13.4. The van der Waals surface area contributed by atoms with E-state index in [1.807, 2.05) is 30.6 Å². The molecular formula is C55H36N2. The Kier molecular flexibility index (Phi) is 7.75. The number of fused-ring (bicyclic) bond motifs is 7. The summed E-state index contributed by atoms with van der Waals surface area (Å²) in [7, 11) is 0.